The molecule has 0 N–H and O–H groups in total. The van der Waals surface area contributed by atoms with E-state index in [1.165, 1.54) is 54.9 Å². The predicted molar refractivity (Wildman–Crippen MR) is 148 cm³/mol. The van der Waals surface area contributed by atoms with Crippen LogP contribution in [0.25, 0.3) is 61.0 Å². The summed E-state index contributed by atoms with van der Waals surface area (Å²) < 4.78 is 0. The molecule has 0 spiro atoms. The minimum Gasteiger partial charge on any atom is -0.0985 e. The highest BCUT2D eigenvalue weighted by molar-refractivity contribution is 6.21. The number of rotatable bonds is 4. The molecule has 0 heterocycles. The van der Waals surface area contributed by atoms with Crippen LogP contribution >= 0.6 is 0 Å². The van der Waals surface area contributed by atoms with Gasteiger partial charge in [0.2, 0.25) is 0 Å². The first-order chi connectivity index (χ1) is 16.8. The molecular weight excluding hydrogens is 408 g/mol. The maximum absolute atomic E-state index is 3.89. The third-order valence-corrected chi connectivity index (χ3v) is 6.63. The van der Waals surface area contributed by atoms with Gasteiger partial charge in [0.05, 0.1) is 0 Å². The van der Waals surface area contributed by atoms with Crippen molar-refractivity contribution >= 4 is 27.6 Å². The van der Waals surface area contributed by atoms with Gasteiger partial charge in [-0.15, -0.1) is 0 Å². The topological polar surface area (TPSA) is 0 Å². The SMILES string of the molecule is C=Cc1ccc(-c2ccc3c(-c4ccccc4)c4ccccc4c(-c4ccccc4)c3c2)cc1. The lowest BCUT2D eigenvalue weighted by Gasteiger charge is -2.18. The summed E-state index contributed by atoms with van der Waals surface area (Å²) in [6.45, 7) is 3.89. The van der Waals surface area contributed by atoms with E-state index in [-0.39, 0.29) is 0 Å². The van der Waals surface area contributed by atoms with E-state index in [1.54, 1.807) is 0 Å². The van der Waals surface area contributed by atoms with Crippen LogP contribution in [0.3, 0.4) is 0 Å². The molecule has 0 amide bonds. The van der Waals surface area contributed by atoms with Crippen LogP contribution in [0.2, 0.25) is 0 Å². The Morgan fingerprint density at radius 1 is 0.382 bits per heavy atom. The Labute approximate surface area is 200 Å². The second kappa shape index (κ2) is 8.50. The quantitative estimate of drug-likeness (QED) is 0.243. The summed E-state index contributed by atoms with van der Waals surface area (Å²) in [5.74, 6) is 0. The summed E-state index contributed by atoms with van der Waals surface area (Å²) in [7, 11) is 0. The average molecular weight is 433 g/mol. The van der Waals surface area contributed by atoms with Gasteiger partial charge in [-0.05, 0) is 66.6 Å². The standard InChI is InChI=1S/C34H24/c1-2-24-17-19-25(20-18-24)28-21-22-31-32(23-28)34(27-13-7-4-8-14-27)30-16-10-9-15-29(30)33(31)26-11-5-3-6-12-26/h2-23H,1H2. The van der Waals surface area contributed by atoms with Crippen molar-refractivity contribution in [2.45, 2.75) is 0 Å². The molecule has 6 aromatic carbocycles. The molecule has 0 aliphatic carbocycles. The molecule has 0 nitrogen and oxygen atoms in total. The highest BCUT2D eigenvalue weighted by Gasteiger charge is 2.17. The molecule has 0 fully saturated rings. The smallest absolute Gasteiger partial charge is 0.00262 e. The van der Waals surface area contributed by atoms with Crippen LogP contribution < -0.4 is 0 Å². The van der Waals surface area contributed by atoms with Crippen LogP contribution in [0.4, 0.5) is 0 Å². The van der Waals surface area contributed by atoms with E-state index in [0.717, 1.165) is 5.56 Å². The fraction of sp³-hybridized carbons (Fsp3) is 0. The molecule has 0 unspecified atom stereocenters. The molecule has 0 heteroatoms. The number of hydrogen-bond donors (Lipinski definition) is 0. The van der Waals surface area contributed by atoms with Crippen molar-refractivity contribution in [2.24, 2.45) is 0 Å². The third-order valence-electron chi connectivity index (χ3n) is 6.63. The largest absolute Gasteiger partial charge is 0.0985 e. The third kappa shape index (κ3) is 3.41. The van der Waals surface area contributed by atoms with Crippen LogP contribution in [0.5, 0.6) is 0 Å². The molecular formula is C34H24. The second-order valence-electron chi connectivity index (χ2n) is 8.61. The molecule has 0 aliphatic rings. The summed E-state index contributed by atoms with van der Waals surface area (Å²) >= 11 is 0. The van der Waals surface area contributed by atoms with E-state index in [9.17, 15) is 0 Å². The molecule has 0 bridgehead atoms. The summed E-state index contributed by atoms with van der Waals surface area (Å²) in [6.07, 6.45) is 1.88. The Kier molecular flexibility index (Phi) is 5.05. The lowest BCUT2D eigenvalue weighted by Crippen LogP contribution is -1.91. The molecule has 6 aromatic rings. The molecule has 0 radical (unpaired) electrons. The van der Waals surface area contributed by atoms with Gasteiger partial charge in [0.1, 0.15) is 0 Å². The van der Waals surface area contributed by atoms with Crippen molar-refractivity contribution in [3.8, 4) is 33.4 Å². The molecule has 34 heavy (non-hydrogen) atoms. The van der Waals surface area contributed by atoms with Crippen LogP contribution in [-0.4, -0.2) is 0 Å². The van der Waals surface area contributed by atoms with Crippen LogP contribution in [0.1, 0.15) is 5.56 Å². The van der Waals surface area contributed by atoms with Crippen LogP contribution in [0.15, 0.2) is 134 Å². The van der Waals surface area contributed by atoms with E-state index in [0.29, 0.717) is 0 Å². The Morgan fingerprint density at radius 2 is 0.853 bits per heavy atom. The molecule has 0 aromatic heterocycles. The first-order valence-electron chi connectivity index (χ1n) is 11.7. The summed E-state index contributed by atoms with van der Waals surface area (Å²) in [5.41, 5.74) is 8.62. The highest BCUT2D eigenvalue weighted by atomic mass is 14.2. The van der Waals surface area contributed by atoms with Gasteiger partial charge >= 0.3 is 0 Å². The molecule has 0 saturated heterocycles. The van der Waals surface area contributed by atoms with Gasteiger partial charge in [-0.3, -0.25) is 0 Å². The van der Waals surface area contributed by atoms with Crippen molar-refractivity contribution in [2.75, 3.05) is 0 Å². The first-order valence-corrected chi connectivity index (χ1v) is 11.7. The fourth-order valence-electron chi connectivity index (χ4n) is 5.00. The molecule has 6 rings (SSSR count). The maximum Gasteiger partial charge on any atom is -0.00262 e. The van der Waals surface area contributed by atoms with Gasteiger partial charge in [-0.25, -0.2) is 0 Å². The van der Waals surface area contributed by atoms with Gasteiger partial charge in [0, 0.05) is 0 Å². The zero-order chi connectivity index (χ0) is 22.9. The Morgan fingerprint density at radius 3 is 1.41 bits per heavy atom. The Hall–Kier alpha value is -4.42. The van der Waals surface area contributed by atoms with Crippen molar-refractivity contribution in [3.05, 3.63) is 140 Å². The van der Waals surface area contributed by atoms with Crippen molar-refractivity contribution in [3.63, 3.8) is 0 Å². The van der Waals surface area contributed by atoms with Crippen molar-refractivity contribution < 1.29 is 0 Å². The summed E-state index contributed by atoms with van der Waals surface area (Å²) in [6, 6.07) is 45.8. The highest BCUT2D eigenvalue weighted by Crippen LogP contribution is 2.44. The monoisotopic (exact) mass is 432 g/mol. The summed E-state index contributed by atoms with van der Waals surface area (Å²) in [5, 5.41) is 5.10. The number of hydrogen-bond acceptors (Lipinski definition) is 0. The minimum absolute atomic E-state index is 1.13. The first kappa shape index (κ1) is 20.2. The van der Waals surface area contributed by atoms with E-state index >= 15 is 0 Å². The summed E-state index contributed by atoms with van der Waals surface area (Å²) in [4.78, 5) is 0. The molecule has 0 atom stereocenters. The Bertz CT molecular complexity index is 1620. The normalized spacial score (nSPS) is 11.1. The molecule has 0 saturated carbocycles. The molecule has 0 aliphatic heterocycles. The van der Waals surface area contributed by atoms with Crippen LogP contribution in [0, 0.1) is 0 Å². The minimum atomic E-state index is 1.13. The van der Waals surface area contributed by atoms with Crippen LogP contribution in [-0.2, 0) is 0 Å². The van der Waals surface area contributed by atoms with Gasteiger partial charge in [0.25, 0.3) is 0 Å². The Balaban J connectivity index is 1.74. The second-order valence-corrected chi connectivity index (χ2v) is 8.61. The average Bonchev–Trinajstić information content (AvgIpc) is 2.92. The predicted octanol–water partition coefficient (Wildman–Crippen LogP) is 9.64. The maximum atomic E-state index is 3.89. The lowest BCUT2D eigenvalue weighted by molar-refractivity contribution is 1.61. The van der Waals surface area contributed by atoms with Crippen molar-refractivity contribution in [1.29, 1.82) is 0 Å². The number of fused-ring (bicyclic) bond motifs is 2. The zero-order valence-electron chi connectivity index (χ0n) is 18.9. The lowest BCUT2D eigenvalue weighted by atomic mass is 9.85. The van der Waals surface area contributed by atoms with Gasteiger partial charge in [-0.1, -0.05) is 134 Å². The van der Waals surface area contributed by atoms with E-state index in [4.69, 9.17) is 0 Å². The zero-order valence-corrected chi connectivity index (χ0v) is 18.9. The van der Waals surface area contributed by atoms with Gasteiger partial charge in [-0.2, -0.15) is 0 Å². The number of benzene rings is 6. The van der Waals surface area contributed by atoms with E-state index in [1.807, 2.05) is 6.08 Å². The van der Waals surface area contributed by atoms with Gasteiger partial charge < -0.3 is 0 Å². The van der Waals surface area contributed by atoms with Crippen molar-refractivity contribution in [1.82, 2.24) is 0 Å². The molecule has 160 valence electrons. The van der Waals surface area contributed by atoms with Gasteiger partial charge in [0.15, 0.2) is 0 Å². The van der Waals surface area contributed by atoms with E-state index < -0.39 is 0 Å². The fourth-order valence-corrected chi connectivity index (χ4v) is 5.00. The van der Waals surface area contributed by atoms with E-state index in [2.05, 4.69) is 134 Å².